The van der Waals surface area contributed by atoms with Crippen molar-refractivity contribution in [2.24, 2.45) is 5.73 Å². The predicted octanol–water partition coefficient (Wildman–Crippen LogP) is 2.41. The number of nitrogens with zero attached hydrogens (tertiary/aromatic N) is 4. The maximum Gasteiger partial charge on any atom is 0.251 e. The number of fused-ring (bicyclic) bond motifs is 1. The van der Waals surface area contributed by atoms with Crippen LogP contribution in [0.3, 0.4) is 0 Å². The van der Waals surface area contributed by atoms with E-state index in [0.717, 1.165) is 16.8 Å². The maximum absolute atomic E-state index is 12.7. The number of anilines is 1. The Morgan fingerprint density at radius 3 is 2.68 bits per heavy atom. The molecule has 0 fully saturated rings. The van der Waals surface area contributed by atoms with Crippen molar-refractivity contribution in [1.82, 2.24) is 20.3 Å². The van der Waals surface area contributed by atoms with Crippen LogP contribution in [0.5, 0.6) is 0 Å². The summed E-state index contributed by atoms with van der Waals surface area (Å²) in [5.41, 5.74) is 15.8. The second-order valence-corrected chi connectivity index (χ2v) is 7.79. The Bertz CT molecular complexity index is 1470. The Kier molecular flexibility index (Phi) is 6.14. The molecule has 4 rings (SSSR count). The van der Waals surface area contributed by atoms with Gasteiger partial charge in [0, 0.05) is 47.7 Å². The summed E-state index contributed by atoms with van der Waals surface area (Å²) in [7, 11) is 0. The summed E-state index contributed by atoms with van der Waals surface area (Å²) in [5, 5.41) is 12.7. The van der Waals surface area contributed by atoms with Crippen molar-refractivity contribution < 1.29 is 9.59 Å². The van der Waals surface area contributed by atoms with E-state index in [1.807, 2.05) is 25.1 Å². The van der Waals surface area contributed by atoms with Gasteiger partial charge < -0.3 is 16.8 Å². The number of carbonyl (C=O) groups excluding carboxylic acids is 2. The molecule has 0 aliphatic carbocycles. The first-order chi connectivity index (χ1) is 16.3. The zero-order chi connectivity index (χ0) is 24.2. The summed E-state index contributed by atoms with van der Waals surface area (Å²) in [6, 6.07) is 14.0. The van der Waals surface area contributed by atoms with Gasteiger partial charge in [0.15, 0.2) is 0 Å². The van der Waals surface area contributed by atoms with E-state index in [2.05, 4.69) is 20.3 Å². The topological polar surface area (TPSA) is 161 Å². The number of hydrogen-bond acceptors (Lipinski definition) is 7. The molecule has 9 heteroatoms. The van der Waals surface area contributed by atoms with Gasteiger partial charge in [-0.05, 0) is 54.4 Å². The van der Waals surface area contributed by atoms with Crippen LogP contribution in [0.2, 0.25) is 0 Å². The molecule has 2 amide bonds. The molecule has 5 N–H and O–H groups in total. The Labute approximate surface area is 195 Å². The third-order valence-corrected chi connectivity index (χ3v) is 5.36. The third-order valence-electron chi connectivity index (χ3n) is 5.36. The second-order valence-electron chi connectivity index (χ2n) is 7.79. The van der Waals surface area contributed by atoms with Crippen molar-refractivity contribution in [3.8, 4) is 6.07 Å². The summed E-state index contributed by atoms with van der Waals surface area (Å²) >= 11 is 0. The van der Waals surface area contributed by atoms with Crippen LogP contribution in [-0.4, -0.2) is 26.8 Å². The molecular weight excluding hydrogens is 430 g/mol. The highest BCUT2D eigenvalue weighted by molar-refractivity contribution is 6.05. The molecule has 1 aromatic carbocycles. The molecule has 34 heavy (non-hydrogen) atoms. The van der Waals surface area contributed by atoms with Gasteiger partial charge >= 0.3 is 0 Å². The van der Waals surface area contributed by atoms with Crippen LogP contribution in [-0.2, 0) is 13.0 Å². The molecule has 0 saturated heterocycles. The minimum atomic E-state index is -0.613. The maximum atomic E-state index is 12.7. The monoisotopic (exact) mass is 451 g/mol. The van der Waals surface area contributed by atoms with E-state index >= 15 is 0 Å². The number of hydrogen-bond donors (Lipinski definition) is 3. The predicted molar refractivity (Wildman–Crippen MR) is 127 cm³/mol. The molecule has 0 bridgehead atoms. The van der Waals surface area contributed by atoms with E-state index in [-0.39, 0.29) is 11.5 Å². The second kappa shape index (κ2) is 9.34. The van der Waals surface area contributed by atoms with Crippen molar-refractivity contribution in [2.45, 2.75) is 19.9 Å². The van der Waals surface area contributed by atoms with E-state index in [9.17, 15) is 9.59 Å². The van der Waals surface area contributed by atoms with Gasteiger partial charge in [0.1, 0.15) is 11.9 Å². The molecule has 168 valence electrons. The Balaban J connectivity index is 1.56. The molecule has 0 spiro atoms. The number of aryl methyl sites for hydroxylation is 1. The zero-order valence-corrected chi connectivity index (χ0v) is 18.4. The van der Waals surface area contributed by atoms with Crippen molar-refractivity contribution in [3.63, 3.8) is 0 Å². The smallest absolute Gasteiger partial charge is 0.251 e. The van der Waals surface area contributed by atoms with Gasteiger partial charge in [-0.25, -0.2) is 4.98 Å². The number of nitriles is 1. The quantitative estimate of drug-likeness (QED) is 0.405. The average molecular weight is 451 g/mol. The first-order valence-electron chi connectivity index (χ1n) is 10.4. The average Bonchev–Trinajstić information content (AvgIpc) is 2.82. The Morgan fingerprint density at radius 2 is 1.94 bits per heavy atom. The van der Waals surface area contributed by atoms with Crippen LogP contribution in [0, 0.1) is 18.3 Å². The number of nitrogen functional groups attached to an aromatic ring is 1. The summed E-state index contributed by atoms with van der Waals surface area (Å²) < 4.78 is 0. The fourth-order valence-electron chi connectivity index (χ4n) is 3.66. The van der Waals surface area contributed by atoms with Gasteiger partial charge in [0.2, 0.25) is 0 Å². The molecular formula is C25H21N7O2. The molecule has 3 aromatic heterocycles. The van der Waals surface area contributed by atoms with Crippen LogP contribution >= 0.6 is 0 Å². The summed E-state index contributed by atoms with van der Waals surface area (Å²) in [6.45, 7) is 2.15. The number of primary amides is 1. The standard InChI is InChI=1S/C25H21N7O2/c1-14-18(2-3-22(27)32-14)13-31-25(34)17-4-5-29-20(10-17)8-15-6-19-7-16(11-26)12-30-23(19)21(9-15)24(28)33/h2-7,9-10,12H,8,13H2,1H3,(H2,27,32)(H2,28,33)(H,31,34). The van der Waals surface area contributed by atoms with Gasteiger partial charge in [-0.2, -0.15) is 5.26 Å². The lowest BCUT2D eigenvalue weighted by Crippen LogP contribution is -2.23. The SMILES string of the molecule is Cc1nc(N)ccc1CNC(=O)c1ccnc(Cc2cc(C(N)=O)c3ncc(C#N)cc3c2)c1. The largest absolute Gasteiger partial charge is 0.384 e. The van der Waals surface area contributed by atoms with Crippen LogP contribution in [0.1, 0.15) is 48.8 Å². The number of nitrogens with one attached hydrogen (secondary N) is 1. The van der Waals surface area contributed by atoms with Crippen molar-refractivity contribution in [2.75, 3.05) is 5.73 Å². The zero-order valence-electron chi connectivity index (χ0n) is 18.4. The molecule has 3 heterocycles. The van der Waals surface area contributed by atoms with E-state index in [0.29, 0.717) is 46.5 Å². The lowest BCUT2D eigenvalue weighted by atomic mass is 10.00. The van der Waals surface area contributed by atoms with Crippen molar-refractivity contribution in [1.29, 1.82) is 5.26 Å². The van der Waals surface area contributed by atoms with Gasteiger partial charge in [-0.15, -0.1) is 0 Å². The highest BCUT2D eigenvalue weighted by Crippen LogP contribution is 2.22. The lowest BCUT2D eigenvalue weighted by molar-refractivity contribution is 0.0949. The van der Waals surface area contributed by atoms with Gasteiger partial charge in [0.05, 0.1) is 16.6 Å². The Hall–Kier alpha value is -4.84. The molecule has 4 aromatic rings. The fraction of sp³-hybridized carbons (Fsp3) is 0.120. The summed E-state index contributed by atoms with van der Waals surface area (Å²) in [6.07, 6.45) is 3.32. The molecule has 0 aliphatic heterocycles. The van der Waals surface area contributed by atoms with Crippen molar-refractivity contribution in [3.05, 3.63) is 94.1 Å². The fourth-order valence-corrected chi connectivity index (χ4v) is 3.66. The van der Waals surface area contributed by atoms with Crippen LogP contribution < -0.4 is 16.8 Å². The van der Waals surface area contributed by atoms with Crippen molar-refractivity contribution >= 4 is 28.5 Å². The number of benzene rings is 1. The number of rotatable bonds is 6. The van der Waals surface area contributed by atoms with Gasteiger partial charge in [-0.1, -0.05) is 6.07 Å². The van der Waals surface area contributed by atoms with E-state index in [4.69, 9.17) is 16.7 Å². The normalized spacial score (nSPS) is 10.6. The molecule has 0 saturated carbocycles. The van der Waals surface area contributed by atoms with Crippen LogP contribution in [0.15, 0.2) is 54.9 Å². The lowest BCUT2D eigenvalue weighted by Gasteiger charge is -2.10. The Morgan fingerprint density at radius 1 is 1.12 bits per heavy atom. The number of aromatic nitrogens is 3. The number of pyridine rings is 3. The minimum Gasteiger partial charge on any atom is -0.384 e. The number of carbonyl (C=O) groups is 2. The summed E-state index contributed by atoms with van der Waals surface area (Å²) in [4.78, 5) is 37.5. The van der Waals surface area contributed by atoms with Crippen LogP contribution in [0.4, 0.5) is 5.82 Å². The highest BCUT2D eigenvalue weighted by atomic mass is 16.2. The molecule has 0 aliphatic rings. The number of nitrogens with two attached hydrogens (primary N) is 2. The van der Waals surface area contributed by atoms with E-state index in [1.165, 1.54) is 6.20 Å². The van der Waals surface area contributed by atoms with E-state index in [1.54, 1.807) is 36.5 Å². The molecule has 0 unspecified atom stereocenters. The van der Waals surface area contributed by atoms with Gasteiger partial charge in [-0.3, -0.25) is 19.6 Å². The first kappa shape index (κ1) is 22.4. The first-order valence-corrected chi connectivity index (χ1v) is 10.4. The van der Waals surface area contributed by atoms with E-state index < -0.39 is 5.91 Å². The highest BCUT2D eigenvalue weighted by Gasteiger charge is 2.13. The number of amides is 2. The van der Waals surface area contributed by atoms with Crippen LogP contribution in [0.25, 0.3) is 10.9 Å². The molecule has 9 nitrogen and oxygen atoms in total. The van der Waals surface area contributed by atoms with Gasteiger partial charge in [0.25, 0.3) is 11.8 Å². The summed E-state index contributed by atoms with van der Waals surface area (Å²) in [5.74, 6) is -0.434. The molecule has 0 atom stereocenters. The molecule has 0 radical (unpaired) electrons. The third kappa shape index (κ3) is 4.81. The minimum absolute atomic E-state index is 0.251.